The molecule has 2 unspecified atom stereocenters. The zero-order valence-corrected chi connectivity index (χ0v) is 15.6. The van der Waals surface area contributed by atoms with E-state index < -0.39 is 17.2 Å². The van der Waals surface area contributed by atoms with Crippen LogP contribution in [0.15, 0.2) is 29.7 Å². The number of ether oxygens (including phenoxy) is 1. The first kappa shape index (κ1) is 20.1. The molecular formula is C16H22ClN5O4. The Labute approximate surface area is 156 Å². The number of nitro groups is 1. The van der Waals surface area contributed by atoms with E-state index in [4.69, 9.17) is 17.3 Å². The van der Waals surface area contributed by atoms with Gasteiger partial charge in [0.25, 0.3) is 5.70 Å². The van der Waals surface area contributed by atoms with E-state index in [1.807, 2.05) is 6.92 Å². The number of halogens is 1. The monoisotopic (exact) mass is 383 g/mol. The molecule has 2 N–H and O–H groups in total. The fraction of sp³-hybridized carbons (Fsp3) is 0.500. The van der Waals surface area contributed by atoms with Gasteiger partial charge in [-0.05, 0) is 18.1 Å². The predicted molar refractivity (Wildman–Crippen MR) is 95.6 cm³/mol. The second kappa shape index (κ2) is 8.43. The zero-order valence-electron chi connectivity index (χ0n) is 14.9. The molecule has 9 nitrogen and oxygen atoms in total. The van der Waals surface area contributed by atoms with Gasteiger partial charge in [-0.1, -0.05) is 24.6 Å². The molecule has 2 rings (SSSR count). The first-order valence-corrected chi connectivity index (χ1v) is 8.46. The smallest absolute Gasteiger partial charge is 0.319 e. The van der Waals surface area contributed by atoms with Gasteiger partial charge in [0.05, 0.1) is 24.3 Å². The average molecular weight is 384 g/mol. The van der Waals surface area contributed by atoms with E-state index in [-0.39, 0.29) is 24.7 Å². The molecule has 0 saturated heterocycles. The Kier molecular flexibility index (Phi) is 6.52. The van der Waals surface area contributed by atoms with Crippen LogP contribution >= 0.6 is 11.6 Å². The molecule has 0 fully saturated rings. The molecule has 142 valence electrons. The van der Waals surface area contributed by atoms with Gasteiger partial charge in [-0.15, -0.1) is 0 Å². The van der Waals surface area contributed by atoms with E-state index in [0.29, 0.717) is 17.3 Å². The minimum Gasteiger partial charge on any atom is -0.468 e. The molecule has 1 aromatic heterocycles. The van der Waals surface area contributed by atoms with Crippen LogP contribution in [0.2, 0.25) is 5.15 Å². The Morgan fingerprint density at radius 2 is 2.27 bits per heavy atom. The van der Waals surface area contributed by atoms with Crippen LogP contribution in [0.1, 0.15) is 24.8 Å². The normalized spacial score (nSPS) is 19.4. The molecule has 0 amide bonds. The number of pyridine rings is 1. The summed E-state index contributed by atoms with van der Waals surface area (Å²) in [6.45, 7) is 1.75. The number of rotatable bonds is 6. The van der Waals surface area contributed by atoms with Crippen molar-refractivity contribution in [2.45, 2.75) is 25.6 Å². The molecule has 26 heavy (non-hydrogen) atoms. The van der Waals surface area contributed by atoms with Gasteiger partial charge >= 0.3 is 5.97 Å². The third-order valence-electron chi connectivity index (χ3n) is 4.47. The van der Waals surface area contributed by atoms with E-state index in [2.05, 4.69) is 9.72 Å². The van der Waals surface area contributed by atoms with Crippen LogP contribution in [-0.4, -0.2) is 59.2 Å². The highest BCUT2D eigenvalue weighted by molar-refractivity contribution is 6.29. The molecule has 0 saturated carbocycles. The Balaban J connectivity index is 2.47. The molecule has 1 aliphatic heterocycles. The number of hydrogen-bond donors (Lipinski definition) is 1. The van der Waals surface area contributed by atoms with Crippen molar-refractivity contribution in [2.24, 2.45) is 5.73 Å². The van der Waals surface area contributed by atoms with Gasteiger partial charge in [-0.25, -0.2) is 9.88 Å². The number of carbonyl (C=O) groups is 1. The summed E-state index contributed by atoms with van der Waals surface area (Å²) in [4.78, 5) is 30.1. The van der Waals surface area contributed by atoms with Crippen LogP contribution in [0.25, 0.3) is 0 Å². The van der Waals surface area contributed by atoms with Gasteiger partial charge in [0.15, 0.2) is 0 Å². The van der Waals surface area contributed by atoms with Crippen LogP contribution < -0.4 is 5.73 Å². The summed E-state index contributed by atoms with van der Waals surface area (Å²) in [7, 11) is 2.94. The lowest BCUT2D eigenvalue weighted by atomic mass is 9.91. The Morgan fingerprint density at radius 3 is 2.77 bits per heavy atom. The van der Waals surface area contributed by atoms with E-state index in [1.165, 1.54) is 12.0 Å². The van der Waals surface area contributed by atoms with Crippen LogP contribution in [0.3, 0.4) is 0 Å². The minimum absolute atomic E-state index is 0.0000898. The average Bonchev–Trinajstić information content (AvgIpc) is 2.62. The number of methoxy groups -OCH3 is 1. The summed E-state index contributed by atoms with van der Waals surface area (Å²) in [6, 6.07) is 3.45. The zero-order chi connectivity index (χ0) is 19.4. The standard InChI is InChI=1S/C16H22ClN5O4/c1-4-11(10-5-6-13(17)19-7-10)15-12(22(24)25)8-21(9-14(23)26-3)16(18)20(15)2/h5-7,11,16H,4,8-9,18H2,1-3H3. The number of likely N-dealkylation sites (N-methyl/N-ethyl adjacent to an activating group) is 1. The van der Waals surface area contributed by atoms with Crippen LogP contribution in [-0.2, 0) is 9.53 Å². The molecule has 1 aromatic rings. The van der Waals surface area contributed by atoms with Crippen molar-refractivity contribution in [3.05, 3.63) is 50.6 Å². The Morgan fingerprint density at radius 1 is 1.58 bits per heavy atom. The molecule has 0 spiro atoms. The third-order valence-corrected chi connectivity index (χ3v) is 4.69. The first-order chi connectivity index (χ1) is 12.3. The molecule has 0 aromatic carbocycles. The van der Waals surface area contributed by atoms with Gasteiger partial charge in [0, 0.05) is 19.2 Å². The van der Waals surface area contributed by atoms with Gasteiger partial charge in [0.2, 0.25) is 0 Å². The highest BCUT2D eigenvalue weighted by atomic mass is 35.5. The molecule has 2 heterocycles. The van der Waals surface area contributed by atoms with Gasteiger partial charge in [-0.3, -0.25) is 20.6 Å². The largest absolute Gasteiger partial charge is 0.468 e. The van der Waals surface area contributed by atoms with Crippen molar-refractivity contribution in [2.75, 3.05) is 27.2 Å². The van der Waals surface area contributed by atoms with Crippen molar-refractivity contribution in [3.63, 3.8) is 0 Å². The molecular weight excluding hydrogens is 362 g/mol. The molecule has 10 heteroatoms. The summed E-state index contributed by atoms with van der Waals surface area (Å²) >= 11 is 5.85. The van der Waals surface area contributed by atoms with Crippen LogP contribution in [0.4, 0.5) is 0 Å². The second-order valence-corrected chi connectivity index (χ2v) is 6.36. The fourth-order valence-electron chi connectivity index (χ4n) is 3.12. The van der Waals surface area contributed by atoms with E-state index >= 15 is 0 Å². The summed E-state index contributed by atoms with van der Waals surface area (Å²) < 4.78 is 4.65. The van der Waals surface area contributed by atoms with Crippen molar-refractivity contribution >= 4 is 17.6 Å². The quantitative estimate of drug-likeness (QED) is 0.339. The lowest BCUT2D eigenvalue weighted by Crippen LogP contribution is -2.58. The van der Waals surface area contributed by atoms with Crippen molar-refractivity contribution in [3.8, 4) is 0 Å². The number of hydrogen-bond acceptors (Lipinski definition) is 8. The lowest BCUT2D eigenvalue weighted by Gasteiger charge is -2.42. The maximum absolute atomic E-state index is 11.7. The van der Waals surface area contributed by atoms with E-state index in [0.717, 1.165) is 5.56 Å². The van der Waals surface area contributed by atoms with Crippen molar-refractivity contribution in [1.82, 2.24) is 14.8 Å². The molecule has 1 aliphatic rings. The number of nitrogens with zero attached hydrogens (tertiary/aromatic N) is 4. The molecule has 0 bridgehead atoms. The summed E-state index contributed by atoms with van der Waals surface area (Å²) in [5.74, 6) is -0.773. The summed E-state index contributed by atoms with van der Waals surface area (Å²) in [5, 5.41) is 12.1. The minimum atomic E-state index is -0.692. The first-order valence-electron chi connectivity index (χ1n) is 8.08. The Hall–Kier alpha value is -2.23. The van der Waals surface area contributed by atoms with Crippen molar-refractivity contribution in [1.29, 1.82) is 0 Å². The topological polar surface area (TPSA) is 115 Å². The SMILES string of the molecule is CCC(C1=C([N+](=O)[O-])CN(CC(=O)OC)C(N)N1C)c1ccc(Cl)nc1. The number of carbonyl (C=O) groups excluding carboxylic acids is 1. The Bertz CT molecular complexity index is 709. The highest BCUT2D eigenvalue weighted by Gasteiger charge is 2.40. The number of nitrogens with two attached hydrogens (primary N) is 1. The number of esters is 1. The number of aromatic nitrogens is 1. The maximum Gasteiger partial charge on any atom is 0.319 e. The van der Waals surface area contributed by atoms with Crippen LogP contribution in [0.5, 0.6) is 0 Å². The summed E-state index contributed by atoms with van der Waals surface area (Å²) in [6.07, 6.45) is 1.53. The van der Waals surface area contributed by atoms with Gasteiger partial charge < -0.3 is 9.64 Å². The lowest BCUT2D eigenvalue weighted by molar-refractivity contribution is -0.433. The molecule has 0 radical (unpaired) electrons. The maximum atomic E-state index is 11.7. The van der Waals surface area contributed by atoms with Crippen molar-refractivity contribution < 1.29 is 14.5 Å². The van der Waals surface area contributed by atoms with E-state index in [9.17, 15) is 14.9 Å². The molecule has 2 atom stereocenters. The predicted octanol–water partition coefficient (Wildman–Crippen LogP) is 1.38. The highest BCUT2D eigenvalue weighted by Crippen LogP contribution is 2.35. The van der Waals surface area contributed by atoms with E-state index in [1.54, 1.807) is 30.3 Å². The van der Waals surface area contributed by atoms with Crippen LogP contribution in [0, 0.1) is 10.1 Å². The molecule has 0 aliphatic carbocycles. The van der Waals surface area contributed by atoms with Gasteiger partial charge in [0.1, 0.15) is 18.0 Å². The number of allylic oxidation sites excluding steroid dienone is 1. The second-order valence-electron chi connectivity index (χ2n) is 5.97. The fourth-order valence-corrected chi connectivity index (χ4v) is 3.23. The van der Waals surface area contributed by atoms with Gasteiger partial charge in [-0.2, -0.15) is 0 Å². The third kappa shape index (κ3) is 4.12. The summed E-state index contributed by atoms with van der Waals surface area (Å²) in [5.41, 5.74) is 7.54.